The number of benzene rings is 3. The number of halogens is 1. The van der Waals surface area contributed by atoms with E-state index in [1.54, 1.807) is 0 Å². The molecule has 2 heteroatoms. The highest BCUT2D eigenvalue weighted by atomic mass is 79.9. The molecule has 0 aromatic heterocycles. The summed E-state index contributed by atoms with van der Waals surface area (Å²) < 4.78 is 1.13. The van der Waals surface area contributed by atoms with Gasteiger partial charge in [-0.25, -0.2) is 0 Å². The fraction of sp³-hybridized carbons (Fsp3) is 0. The van der Waals surface area contributed by atoms with Crippen molar-refractivity contribution in [1.29, 1.82) is 0 Å². The Morgan fingerprint density at radius 1 is 0.650 bits per heavy atom. The molecule has 0 nitrogen and oxygen atoms in total. The van der Waals surface area contributed by atoms with Crippen LogP contribution in [0.1, 0.15) is 0 Å². The van der Waals surface area contributed by atoms with E-state index in [0.717, 1.165) is 4.47 Å². The van der Waals surface area contributed by atoms with Crippen molar-refractivity contribution in [1.82, 2.24) is 0 Å². The van der Waals surface area contributed by atoms with Gasteiger partial charge in [0.05, 0.1) is 0 Å². The van der Waals surface area contributed by atoms with Crippen molar-refractivity contribution < 1.29 is 0 Å². The van der Waals surface area contributed by atoms with Crippen LogP contribution in [0.25, 0.3) is 11.1 Å². The Hall–Kier alpha value is -1.64. The average molecular weight is 337 g/mol. The zero-order chi connectivity index (χ0) is 13.8. The lowest BCUT2D eigenvalue weighted by molar-refractivity contribution is 1.64. The molecule has 0 fully saturated rings. The summed E-state index contributed by atoms with van der Waals surface area (Å²) in [6.07, 6.45) is 0. The minimum Gasteiger partial charge on any atom is -0.0625 e. The van der Waals surface area contributed by atoms with Crippen molar-refractivity contribution in [3.8, 4) is 11.1 Å². The van der Waals surface area contributed by atoms with Gasteiger partial charge in [0, 0.05) is 4.47 Å². The van der Waals surface area contributed by atoms with E-state index >= 15 is 0 Å². The molecule has 0 saturated heterocycles. The monoisotopic (exact) mass is 336 g/mol. The summed E-state index contributed by atoms with van der Waals surface area (Å²) in [4.78, 5) is 0. The third kappa shape index (κ3) is 3.09. The minimum atomic E-state index is 0.677. The van der Waals surface area contributed by atoms with Crippen molar-refractivity contribution in [3.05, 3.63) is 83.3 Å². The van der Waals surface area contributed by atoms with Crippen molar-refractivity contribution in [3.63, 3.8) is 0 Å². The van der Waals surface area contributed by atoms with E-state index in [-0.39, 0.29) is 0 Å². The van der Waals surface area contributed by atoms with Crippen LogP contribution < -0.4 is 10.4 Å². The summed E-state index contributed by atoms with van der Waals surface area (Å²) in [5.74, 6) is 0. The number of hydrogen-bond donors (Lipinski definition) is 0. The molecule has 0 aliphatic rings. The predicted octanol–water partition coefficient (Wildman–Crippen LogP) is 3.77. The van der Waals surface area contributed by atoms with E-state index in [0.29, 0.717) is 9.52 Å². The van der Waals surface area contributed by atoms with Gasteiger partial charge in [-0.15, -0.1) is 0 Å². The lowest BCUT2D eigenvalue weighted by atomic mass is 10.1. The van der Waals surface area contributed by atoms with Gasteiger partial charge in [-0.3, -0.25) is 0 Å². The maximum Gasteiger partial charge on any atom is 0.122 e. The predicted molar refractivity (Wildman–Crippen MR) is 91.0 cm³/mol. The lowest BCUT2D eigenvalue weighted by Crippen LogP contribution is -2.28. The Kier molecular flexibility index (Phi) is 4.14. The van der Waals surface area contributed by atoms with Gasteiger partial charge in [-0.05, 0) is 23.3 Å². The fourth-order valence-corrected chi connectivity index (χ4v) is 3.60. The van der Waals surface area contributed by atoms with E-state index < -0.39 is 0 Å². The van der Waals surface area contributed by atoms with Gasteiger partial charge in [0.25, 0.3) is 0 Å². The molecule has 0 unspecified atom stereocenters. The van der Waals surface area contributed by atoms with E-state index in [9.17, 15) is 0 Å². The maximum atomic E-state index is 3.49. The van der Waals surface area contributed by atoms with Gasteiger partial charge >= 0.3 is 0 Å². The van der Waals surface area contributed by atoms with Gasteiger partial charge < -0.3 is 0 Å². The Balaban J connectivity index is 1.96. The van der Waals surface area contributed by atoms with E-state index in [1.807, 2.05) is 0 Å². The molecule has 0 aliphatic heterocycles. The van der Waals surface area contributed by atoms with Crippen molar-refractivity contribution >= 4 is 35.8 Å². The molecule has 0 atom stereocenters. The van der Waals surface area contributed by atoms with Crippen LogP contribution in [-0.2, 0) is 0 Å². The van der Waals surface area contributed by atoms with Gasteiger partial charge in [-0.1, -0.05) is 93.0 Å². The van der Waals surface area contributed by atoms with Gasteiger partial charge in [0.15, 0.2) is 0 Å². The fourth-order valence-electron chi connectivity index (χ4n) is 2.15. The summed E-state index contributed by atoms with van der Waals surface area (Å²) in [7, 11) is 0.677. The van der Waals surface area contributed by atoms with E-state index in [1.165, 1.54) is 21.5 Å². The molecule has 0 N–H and O–H groups in total. The van der Waals surface area contributed by atoms with E-state index in [4.69, 9.17) is 0 Å². The van der Waals surface area contributed by atoms with Crippen LogP contribution in [0.5, 0.6) is 0 Å². The number of hydrogen-bond acceptors (Lipinski definition) is 0. The largest absolute Gasteiger partial charge is 0.122 e. The van der Waals surface area contributed by atoms with Crippen LogP contribution >= 0.6 is 15.9 Å². The second-order valence-corrected chi connectivity index (χ2v) is 6.83. The molecule has 3 rings (SSSR count). The summed E-state index contributed by atoms with van der Waals surface area (Å²) in [5.41, 5.74) is 2.61. The topological polar surface area (TPSA) is 0 Å². The average Bonchev–Trinajstić information content (AvgIpc) is 2.51. The molecular formula is C18H13BrSi. The maximum absolute atomic E-state index is 3.49. The zero-order valence-corrected chi connectivity index (χ0v) is 13.5. The first-order valence-electron chi connectivity index (χ1n) is 6.50. The van der Waals surface area contributed by atoms with Crippen LogP contribution in [-0.4, -0.2) is 9.52 Å². The van der Waals surface area contributed by atoms with Crippen LogP contribution in [0.3, 0.4) is 0 Å². The third-order valence-corrected chi connectivity index (χ3v) is 4.99. The van der Waals surface area contributed by atoms with Crippen LogP contribution in [0.2, 0.25) is 0 Å². The van der Waals surface area contributed by atoms with Crippen molar-refractivity contribution in [2.45, 2.75) is 0 Å². The highest BCUT2D eigenvalue weighted by Crippen LogP contribution is 2.16. The van der Waals surface area contributed by atoms with E-state index in [2.05, 4.69) is 94.8 Å². The summed E-state index contributed by atoms with van der Waals surface area (Å²) in [5, 5.41) is 2.75. The molecule has 0 heterocycles. The first kappa shape index (κ1) is 13.3. The highest BCUT2D eigenvalue weighted by Gasteiger charge is 2.06. The first-order chi connectivity index (χ1) is 9.83. The first-order valence-corrected chi connectivity index (χ1v) is 8.29. The molecule has 0 bridgehead atoms. The van der Waals surface area contributed by atoms with Crippen LogP contribution in [0.4, 0.5) is 0 Å². The molecule has 20 heavy (non-hydrogen) atoms. The standard InChI is InChI=1S/C18H13BrSi/c19-15-10-12-16(13-11-15)20-18-9-5-4-8-17(18)14-6-2-1-3-7-14/h1-13H. The van der Waals surface area contributed by atoms with Gasteiger partial charge in [0.1, 0.15) is 9.52 Å². The SMILES string of the molecule is Brc1ccc([Si]c2ccccc2-c2ccccc2)cc1. The third-order valence-electron chi connectivity index (χ3n) is 3.14. The van der Waals surface area contributed by atoms with Gasteiger partial charge in [-0.2, -0.15) is 0 Å². The second kappa shape index (κ2) is 6.20. The van der Waals surface area contributed by atoms with Crippen LogP contribution in [0.15, 0.2) is 83.3 Å². The molecule has 2 radical (unpaired) electrons. The summed E-state index contributed by atoms with van der Waals surface area (Å²) in [6.45, 7) is 0. The quantitative estimate of drug-likeness (QED) is 0.638. The zero-order valence-electron chi connectivity index (χ0n) is 10.9. The molecule has 0 aliphatic carbocycles. The second-order valence-electron chi connectivity index (χ2n) is 4.54. The highest BCUT2D eigenvalue weighted by molar-refractivity contribution is 9.10. The van der Waals surface area contributed by atoms with Crippen molar-refractivity contribution in [2.75, 3.05) is 0 Å². The Morgan fingerprint density at radius 2 is 1.30 bits per heavy atom. The van der Waals surface area contributed by atoms with Crippen LogP contribution in [0, 0.1) is 0 Å². The Bertz CT molecular complexity index is 690. The molecular weight excluding hydrogens is 324 g/mol. The minimum absolute atomic E-state index is 0.677. The van der Waals surface area contributed by atoms with Crippen molar-refractivity contribution in [2.24, 2.45) is 0 Å². The smallest absolute Gasteiger partial charge is 0.0625 e. The molecule has 3 aromatic carbocycles. The Morgan fingerprint density at radius 3 is 2.05 bits per heavy atom. The number of rotatable bonds is 3. The van der Waals surface area contributed by atoms with Gasteiger partial charge in [0.2, 0.25) is 0 Å². The Labute approximate surface area is 130 Å². The molecule has 0 spiro atoms. The molecule has 0 amide bonds. The summed E-state index contributed by atoms with van der Waals surface area (Å²) >= 11 is 3.49. The summed E-state index contributed by atoms with van der Waals surface area (Å²) in [6, 6.07) is 27.8. The molecule has 3 aromatic rings. The lowest BCUT2D eigenvalue weighted by Gasteiger charge is -2.09. The molecule has 96 valence electrons. The normalized spacial score (nSPS) is 10.4. The molecule has 0 saturated carbocycles.